The van der Waals surface area contributed by atoms with E-state index in [4.69, 9.17) is 4.74 Å². The minimum absolute atomic E-state index is 0.151. The van der Waals surface area contributed by atoms with Crippen molar-refractivity contribution >= 4 is 23.2 Å². The minimum Gasteiger partial charge on any atom is -0.378 e. The van der Waals surface area contributed by atoms with E-state index in [9.17, 15) is 9.59 Å². The van der Waals surface area contributed by atoms with Crippen molar-refractivity contribution in [1.82, 2.24) is 19.7 Å². The third-order valence-corrected chi connectivity index (χ3v) is 7.80. The fourth-order valence-electron chi connectivity index (χ4n) is 5.86. The molecule has 4 fully saturated rings. The van der Waals surface area contributed by atoms with Crippen LogP contribution in [0.4, 0.5) is 0 Å². The van der Waals surface area contributed by atoms with Crippen LogP contribution in [0.3, 0.4) is 0 Å². The van der Waals surface area contributed by atoms with Gasteiger partial charge >= 0.3 is 0 Å². The highest BCUT2D eigenvalue weighted by molar-refractivity contribution is 7.07. The van der Waals surface area contributed by atoms with E-state index >= 15 is 0 Å². The van der Waals surface area contributed by atoms with E-state index in [2.05, 4.69) is 15.3 Å². The van der Waals surface area contributed by atoms with Crippen molar-refractivity contribution < 1.29 is 14.3 Å². The molecule has 29 heavy (non-hydrogen) atoms. The highest BCUT2D eigenvalue weighted by Crippen LogP contribution is 2.42. The van der Waals surface area contributed by atoms with Crippen molar-refractivity contribution in [3.8, 4) is 0 Å². The molecule has 4 aliphatic rings. The molecule has 5 heterocycles. The Bertz CT molecular complexity index is 736. The molecule has 4 aliphatic heterocycles. The number of nitrogens with zero attached hydrogens (tertiary/aromatic N) is 4. The smallest absolute Gasteiger partial charge is 0.245 e. The van der Waals surface area contributed by atoms with Crippen molar-refractivity contribution in [2.75, 3.05) is 45.9 Å². The third-order valence-electron chi connectivity index (χ3n) is 7.16. The minimum atomic E-state index is -0.288. The predicted molar refractivity (Wildman–Crippen MR) is 110 cm³/mol. The molecule has 0 spiro atoms. The zero-order chi connectivity index (χ0) is 19.8. The van der Waals surface area contributed by atoms with Gasteiger partial charge < -0.3 is 19.4 Å². The SMILES string of the molecule is O=C([C@H]1[C@H]2C[C@H](CN(CCc3cscn3)C2)[C@@H]2CCCC(=O)N21)N1CCOCC1. The molecular formula is C21H30N4O3S. The van der Waals surface area contributed by atoms with Crippen LogP contribution in [0.15, 0.2) is 10.9 Å². The number of hydrogen-bond acceptors (Lipinski definition) is 6. The molecule has 0 unspecified atom stereocenters. The van der Waals surface area contributed by atoms with E-state index in [1.807, 2.05) is 15.3 Å². The Labute approximate surface area is 176 Å². The number of amides is 2. The summed E-state index contributed by atoms with van der Waals surface area (Å²) in [6.07, 6.45) is 4.62. The van der Waals surface area contributed by atoms with Crippen LogP contribution in [0, 0.1) is 11.8 Å². The van der Waals surface area contributed by atoms with Gasteiger partial charge in [-0.15, -0.1) is 11.3 Å². The molecule has 7 nitrogen and oxygen atoms in total. The lowest BCUT2D eigenvalue weighted by Gasteiger charge is -2.56. The maximum absolute atomic E-state index is 13.6. The molecule has 2 amide bonds. The molecule has 5 rings (SSSR count). The molecule has 0 radical (unpaired) electrons. The number of fused-ring (bicyclic) bond motifs is 4. The average Bonchev–Trinajstić information content (AvgIpc) is 3.27. The van der Waals surface area contributed by atoms with Gasteiger partial charge in [0.05, 0.1) is 24.4 Å². The summed E-state index contributed by atoms with van der Waals surface area (Å²) < 4.78 is 5.44. The zero-order valence-corrected chi connectivity index (χ0v) is 17.7. The van der Waals surface area contributed by atoms with E-state index in [0.29, 0.717) is 38.6 Å². The first-order valence-corrected chi connectivity index (χ1v) is 11.9. The molecule has 8 heteroatoms. The molecular weight excluding hydrogens is 388 g/mol. The largest absolute Gasteiger partial charge is 0.378 e. The van der Waals surface area contributed by atoms with Crippen LogP contribution in [0.5, 0.6) is 0 Å². The summed E-state index contributed by atoms with van der Waals surface area (Å²) in [5.41, 5.74) is 3.05. The van der Waals surface area contributed by atoms with Crippen LogP contribution in [-0.4, -0.2) is 89.5 Å². The Hall–Kier alpha value is -1.51. The molecule has 0 aliphatic carbocycles. The first kappa shape index (κ1) is 19.5. The normalized spacial score (nSPS) is 32.9. The van der Waals surface area contributed by atoms with Gasteiger partial charge in [0.2, 0.25) is 11.8 Å². The number of carbonyl (C=O) groups is 2. The van der Waals surface area contributed by atoms with Gasteiger partial charge in [-0.25, -0.2) is 4.98 Å². The van der Waals surface area contributed by atoms with Crippen LogP contribution in [0.2, 0.25) is 0 Å². The summed E-state index contributed by atoms with van der Waals surface area (Å²) in [5, 5.41) is 2.12. The molecule has 0 aromatic carbocycles. The van der Waals surface area contributed by atoms with Gasteiger partial charge in [0.15, 0.2) is 0 Å². The summed E-state index contributed by atoms with van der Waals surface area (Å²) in [6.45, 7) is 5.41. The summed E-state index contributed by atoms with van der Waals surface area (Å²) >= 11 is 1.64. The van der Waals surface area contributed by atoms with E-state index in [-0.39, 0.29) is 29.8 Å². The summed E-state index contributed by atoms with van der Waals surface area (Å²) in [7, 11) is 0. The first-order valence-electron chi connectivity index (χ1n) is 11.0. The van der Waals surface area contributed by atoms with Gasteiger partial charge in [-0.05, 0) is 25.2 Å². The van der Waals surface area contributed by atoms with Crippen LogP contribution < -0.4 is 0 Å². The highest BCUT2D eigenvalue weighted by atomic mass is 32.1. The van der Waals surface area contributed by atoms with Gasteiger partial charge in [0.1, 0.15) is 6.04 Å². The fraction of sp³-hybridized carbons (Fsp3) is 0.762. The van der Waals surface area contributed by atoms with Gasteiger partial charge in [0.25, 0.3) is 0 Å². The molecule has 1 aromatic heterocycles. The predicted octanol–water partition coefficient (Wildman–Crippen LogP) is 1.25. The number of piperidine rings is 3. The molecule has 2 bridgehead atoms. The first-order chi connectivity index (χ1) is 14.2. The zero-order valence-electron chi connectivity index (χ0n) is 16.9. The second kappa shape index (κ2) is 8.32. The standard InChI is InChI=1S/C21H30N4O3S/c26-19-3-1-2-18-15-10-16(12-23(11-15)5-4-17-13-29-14-22-17)20(25(18)19)21(27)24-6-8-28-9-7-24/h13-16,18,20H,1-12H2/t15-,16+,18+,20-/m1/s1. The van der Waals surface area contributed by atoms with Gasteiger partial charge in [-0.2, -0.15) is 0 Å². The molecule has 0 N–H and O–H groups in total. The van der Waals surface area contributed by atoms with Crippen LogP contribution in [0.25, 0.3) is 0 Å². The number of hydrogen-bond donors (Lipinski definition) is 0. The van der Waals surface area contributed by atoms with Gasteiger partial charge in [-0.1, -0.05) is 0 Å². The number of aromatic nitrogens is 1. The summed E-state index contributed by atoms with van der Waals surface area (Å²) in [6, 6.07) is -0.0613. The van der Waals surface area contributed by atoms with Crippen molar-refractivity contribution in [2.24, 2.45) is 11.8 Å². The highest BCUT2D eigenvalue weighted by Gasteiger charge is 2.52. The van der Waals surface area contributed by atoms with E-state index in [1.54, 1.807) is 11.3 Å². The number of morpholine rings is 1. The molecule has 158 valence electrons. The Morgan fingerprint density at radius 3 is 2.86 bits per heavy atom. The number of ether oxygens (including phenoxy) is 1. The Morgan fingerprint density at radius 2 is 2.07 bits per heavy atom. The number of carbonyl (C=O) groups excluding carboxylic acids is 2. The van der Waals surface area contributed by atoms with Crippen molar-refractivity contribution in [2.45, 2.75) is 44.2 Å². The lowest BCUT2D eigenvalue weighted by atomic mass is 9.71. The van der Waals surface area contributed by atoms with Crippen molar-refractivity contribution in [3.05, 3.63) is 16.6 Å². The van der Waals surface area contributed by atoms with Crippen molar-refractivity contribution in [1.29, 1.82) is 0 Å². The molecule has 0 saturated carbocycles. The van der Waals surface area contributed by atoms with Crippen LogP contribution in [-0.2, 0) is 20.7 Å². The Balaban J connectivity index is 1.36. The Kier molecular flexibility index (Phi) is 5.58. The molecule has 1 aromatic rings. The number of likely N-dealkylation sites (tertiary alicyclic amines) is 1. The maximum Gasteiger partial charge on any atom is 0.245 e. The fourth-order valence-corrected chi connectivity index (χ4v) is 6.45. The quantitative estimate of drug-likeness (QED) is 0.736. The maximum atomic E-state index is 13.6. The van der Waals surface area contributed by atoms with Crippen molar-refractivity contribution in [3.63, 3.8) is 0 Å². The second-order valence-corrected chi connectivity index (χ2v) is 9.61. The summed E-state index contributed by atoms with van der Waals surface area (Å²) in [5.74, 6) is 1.07. The summed E-state index contributed by atoms with van der Waals surface area (Å²) in [4.78, 5) is 37.4. The topological polar surface area (TPSA) is 66.0 Å². The lowest BCUT2D eigenvalue weighted by Crippen LogP contribution is -2.69. The lowest BCUT2D eigenvalue weighted by molar-refractivity contribution is -0.167. The van der Waals surface area contributed by atoms with E-state index < -0.39 is 0 Å². The van der Waals surface area contributed by atoms with E-state index in [1.165, 1.54) is 0 Å². The monoisotopic (exact) mass is 418 g/mol. The van der Waals surface area contributed by atoms with Gasteiger partial charge in [-0.3, -0.25) is 9.59 Å². The third kappa shape index (κ3) is 3.82. The average molecular weight is 419 g/mol. The Morgan fingerprint density at radius 1 is 1.24 bits per heavy atom. The number of rotatable bonds is 4. The van der Waals surface area contributed by atoms with E-state index in [0.717, 1.165) is 51.0 Å². The van der Waals surface area contributed by atoms with Gasteiger partial charge in [0, 0.05) is 62.9 Å². The second-order valence-electron chi connectivity index (χ2n) is 8.89. The molecule has 4 saturated heterocycles. The van der Waals surface area contributed by atoms with Crippen LogP contribution in [0.1, 0.15) is 31.4 Å². The van der Waals surface area contributed by atoms with Crippen LogP contribution >= 0.6 is 11.3 Å². The molecule has 4 atom stereocenters. The number of thiazole rings is 1.